The number of benzene rings is 8. The van der Waals surface area contributed by atoms with Crippen LogP contribution in [0.15, 0.2) is 194 Å². The number of pyridine rings is 4. The molecule has 96 heavy (non-hydrogen) atoms. The highest BCUT2D eigenvalue weighted by molar-refractivity contribution is 5.82. The molecule has 16 rings (SSSR count). The van der Waals surface area contributed by atoms with Crippen LogP contribution in [0.1, 0.15) is 193 Å². The third-order valence-electron chi connectivity index (χ3n) is 22.9. The van der Waals surface area contributed by atoms with Crippen LogP contribution < -0.4 is 18.3 Å². The van der Waals surface area contributed by atoms with E-state index in [1.807, 2.05) is 0 Å². The van der Waals surface area contributed by atoms with Crippen LogP contribution in [0.2, 0.25) is 0 Å². The lowest BCUT2D eigenvalue weighted by Gasteiger charge is -2.12. The molecule has 4 heteroatoms. The average Bonchev–Trinajstić information content (AvgIpc) is 1.22. The maximum Gasteiger partial charge on any atom is 0.213 e. The molecule has 4 fully saturated rings. The van der Waals surface area contributed by atoms with Gasteiger partial charge in [-0.1, -0.05) is 141 Å². The van der Waals surface area contributed by atoms with Crippen molar-refractivity contribution in [3.05, 3.63) is 261 Å². The average molecular weight is 1270 g/mol. The second-order valence-corrected chi connectivity index (χ2v) is 29.5. The summed E-state index contributed by atoms with van der Waals surface area (Å²) < 4.78 is 9.43. The Labute approximate surface area is 574 Å². The van der Waals surface area contributed by atoms with E-state index in [1.165, 1.54) is 258 Å². The number of aromatic nitrogens is 4. The Kier molecular flexibility index (Phi) is 19.9. The lowest BCUT2D eigenvalue weighted by molar-refractivity contribution is -0.633. The fraction of sp³-hybridized carbons (Fsp3) is 0.348. The van der Waals surface area contributed by atoms with Gasteiger partial charge in [0.15, 0.2) is 0 Å². The first-order chi connectivity index (χ1) is 46.5. The lowest BCUT2D eigenvalue weighted by Crippen LogP contribution is -2.32. The zero-order valence-electron chi connectivity index (χ0n) is 59.9. The highest BCUT2D eigenvalue weighted by atomic mass is 15.0. The first kappa shape index (κ1) is 66.0. The van der Waals surface area contributed by atoms with Crippen molar-refractivity contribution in [2.45, 2.75) is 182 Å². The largest absolute Gasteiger partial charge is 0.213 e. The van der Waals surface area contributed by atoms with Crippen molar-refractivity contribution in [2.75, 3.05) is 0 Å². The van der Waals surface area contributed by atoms with E-state index < -0.39 is 0 Å². The zero-order valence-corrected chi connectivity index (χ0v) is 59.9. The number of rotatable bonds is 8. The molecule has 0 amide bonds. The summed E-state index contributed by atoms with van der Waals surface area (Å²) in [6.07, 6.45) is 22.0. The van der Waals surface area contributed by atoms with E-state index in [-0.39, 0.29) is 0 Å². The Balaban J connectivity index is 0.000000116. The highest BCUT2D eigenvalue weighted by Crippen LogP contribution is 2.40. The Hall–Kier alpha value is -8.60. The van der Waals surface area contributed by atoms with Gasteiger partial charge in [-0.15, -0.1) is 0 Å². The van der Waals surface area contributed by atoms with E-state index in [4.69, 9.17) is 0 Å². The monoisotopic (exact) mass is 1260 g/mol. The molecule has 4 aliphatic carbocycles. The summed E-state index contributed by atoms with van der Waals surface area (Å²) in [6.45, 7) is 17.5. The van der Waals surface area contributed by atoms with Crippen LogP contribution >= 0.6 is 0 Å². The minimum atomic E-state index is 0.763. The molecule has 4 aromatic heterocycles. The lowest BCUT2D eigenvalue weighted by atomic mass is 9.94. The van der Waals surface area contributed by atoms with Crippen molar-refractivity contribution in [1.29, 1.82) is 0 Å². The van der Waals surface area contributed by atoms with Gasteiger partial charge in [0.05, 0.1) is 0 Å². The van der Waals surface area contributed by atoms with E-state index in [0.29, 0.717) is 0 Å². The molecule has 0 spiro atoms. The standard InChI is InChI=1S/C24H28N.2C23H26N.C22H24N/c1-16-13-17(2)18(3)22(14-16)24-12-10-21-15-20(19-7-5-6-8-19)9-11-23(21)25(24)4;1-16-8-9-17(2)21(14-16)23-13-11-20-15-19(18-6-4-5-7-18)10-12-22(20)24(23)3;1-16-8-9-17(2)21(14-16)22-13-12-19-10-11-20(15-23(19)24(22)3)18-6-4-5-7-18;1-16-7-3-6-10-20(16)21-14-13-18-11-12-19(15-22(18)23(21)2)17-8-4-5-9-17/h9-15,19H,5-8H2,1-4H3;2*8-15,18H,4-7H2,1-3H3;3,6-7,10-15,17H,4-5,8-9H2,1-2H3/q4*+1. The van der Waals surface area contributed by atoms with Crippen LogP contribution in [0, 0.1) is 55.4 Å². The Morgan fingerprint density at radius 2 is 0.562 bits per heavy atom. The summed E-state index contributed by atoms with van der Waals surface area (Å²) in [5.41, 5.74) is 32.6. The second-order valence-electron chi connectivity index (χ2n) is 29.5. The molecule has 4 heterocycles. The molecule has 4 saturated carbocycles. The summed E-state index contributed by atoms with van der Waals surface area (Å²) in [6, 6.07) is 73.2. The third-order valence-corrected chi connectivity index (χ3v) is 22.9. The van der Waals surface area contributed by atoms with Crippen molar-refractivity contribution in [1.82, 2.24) is 0 Å². The fourth-order valence-corrected chi connectivity index (χ4v) is 17.0. The molecule has 8 aromatic carbocycles. The summed E-state index contributed by atoms with van der Waals surface area (Å²) in [7, 11) is 8.79. The number of nitrogens with zero attached hydrogens (tertiary/aromatic N) is 4. The SMILES string of the molecule is Cc1cc(C)c(C)c(-c2ccc3cc(C4CCCC4)ccc3[n+]2C)c1.Cc1ccc(C)c(-c2ccc3cc(C4CCCC4)ccc3[n+]2C)c1.Cc1ccc(C)c(-c2ccc3ccc(C4CCCC4)cc3[n+]2C)c1.Cc1ccccc1-c1ccc2ccc(C3CCCC3)cc2[n+]1C. The molecule has 0 N–H and O–H groups in total. The molecule has 0 aliphatic heterocycles. The number of hydrogen-bond acceptors (Lipinski definition) is 0. The van der Waals surface area contributed by atoms with Gasteiger partial charge in [0.1, 0.15) is 28.2 Å². The van der Waals surface area contributed by atoms with Gasteiger partial charge in [-0.3, -0.25) is 0 Å². The van der Waals surface area contributed by atoms with E-state index in [9.17, 15) is 0 Å². The number of hydrogen-bond donors (Lipinski definition) is 0. The molecular formula is C92H104N4+4. The smallest absolute Gasteiger partial charge is 0.194 e. The van der Waals surface area contributed by atoms with E-state index in [1.54, 1.807) is 0 Å². The summed E-state index contributed by atoms with van der Waals surface area (Å²) in [5, 5.41) is 5.37. The zero-order chi connectivity index (χ0) is 66.7. The minimum absolute atomic E-state index is 0.763. The van der Waals surface area contributed by atoms with Crippen molar-refractivity contribution in [2.24, 2.45) is 28.2 Å². The first-order valence-electron chi connectivity index (χ1n) is 36.6. The number of fused-ring (bicyclic) bond motifs is 4. The quantitative estimate of drug-likeness (QED) is 0.135. The molecule has 0 unspecified atom stereocenters. The summed E-state index contributed by atoms with van der Waals surface area (Å²) >= 11 is 0. The Morgan fingerprint density at radius 1 is 0.240 bits per heavy atom. The molecule has 4 aliphatic rings. The molecule has 12 aromatic rings. The Morgan fingerprint density at radius 3 is 0.979 bits per heavy atom. The normalized spacial score (nSPS) is 15.3. The molecule has 0 atom stereocenters. The Bertz CT molecular complexity index is 4830. The predicted molar refractivity (Wildman–Crippen MR) is 405 cm³/mol. The fourth-order valence-electron chi connectivity index (χ4n) is 17.0. The molecule has 0 saturated heterocycles. The molecule has 0 bridgehead atoms. The minimum Gasteiger partial charge on any atom is -0.194 e. The van der Waals surface area contributed by atoms with Gasteiger partial charge in [0, 0.05) is 92.3 Å². The van der Waals surface area contributed by atoms with Crippen molar-refractivity contribution in [3.63, 3.8) is 0 Å². The van der Waals surface area contributed by atoms with Crippen LogP contribution in [0.3, 0.4) is 0 Å². The second kappa shape index (κ2) is 29.0. The van der Waals surface area contributed by atoms with Crippen molar-refractivity contribution in [3.8, 4) is 45.0 Å². The maximum absolute atomic E-state index is 2.43. The van der Waals surface area contributed by atoms with Crippen LogP contribution in [0.25, 0.3) is 88.6 Å². The van der Waals surface area contributed by atoms with Crippen LogP contribution in [-0.2, 0) is 28.2 Å². The van der Waals surface area contributed by atoms with Gasteiger partial charge in [0.25, 0.3) is 0 Å². The van der Waals surface area contributed by atoms with Crippen molar-refractivity contribution >= 4 is 43.6 Å². The van der Waals surface area contributed by atoms with Crippen LogP contribution in [-0.4, -0.2) is 0 Å². The van der Waals surface area contributed by atoms with Crippen LogP contribution in [0.5, 0.6) is 0 Å². The summed E-state index contributed by atoms with van der Waals surface area (Å²) in [5.74, 6) is 3.08. The van der Waals surface area contributed by atoms with Gasteiger partial charge in [-0.25, -0.2) is 0 Å². The van der Waals surface area contributed by atoms with Gasteiger partial charge < -0.3 is 0 Å². The predicted octanol–water partition coefficient (Wildman–Crippen LogP) is 22.4. The third kappa shape index (κ3) is 14.0. The van der Waals surface area contributed by atoms with Crippen LogP contribution in [0.4, 0.5) is 0 Å². The molecular weight excluding hydrogens is 1160 g/mol. The topological polar surface area (TPSA) is 15.5 Å². The summed E-state index contributed by atoms with van der Waals surface area (Å²) in [4.78, 5) is 0. The van der Waals surface area contributed by atoms with Gasteiger partial charge >= 0.3 is 0 Å². The van der Waals surface area contributed by atoms with Gasteiger partial charge in [-0.2, -0.15) is 18.3 Å². The van der Waals surface area contributed by atoms with Gasteiger partial charge in [0.2, 0.25) is 44.8 Å². The highest BCUT2D eigenvalue weighted by Gasteiger charge is 2.26. The number of aryl methyl sites for hydroxylation is 11. The maximum atomic E-state index is 2.43. The van der Waals surface area contributed by atoms with E-state index in [2.05, 4.69) is 296 Å². The first-order valence-corrected chi connectivity index (χ1v) is 36.6. The molecule has 4 nitrogen and oxygen atoms in total. The van der Waals surface area contributed by atoms with E-state index >= 15 is 0 Å². The van der Waals surface area contributed by atoms with Gasteiger partial charge in [-0.05, 0) is 253 Å². The van der Waals surface area contributed by atoms with Crippen molar-refractivity contribution < 1.29 is 18.3 Å². The molecule has 0 radical (unpaired) electrons. The molecule has 488 valence electrons. The van der Waals surface area contributed by atoms with E-state index in [0.717, 1.165) is 23.7 Å².